The predicted molar refractivity (Wildman–Crippen MR) is 71.0 cm³/mol. The molecule has 0 saturated carbocycles. The molecule has 4 nitrogen and oxygen atoms in total. The lowest BCUT2D eigenvalue weighted by Crippen LogP contribution is -2.15. The standard InChI is InChI=1S/C14H16N2O2/c1-16(2)8-7-12-5-3-10-9-11(14(17)18)4-6-13(10)15-12/h3-6,9H,7-8H2,1-2H3,(H,17,18). The number of aromatic nitrogens is 1. The molecule has 0 aliphatic rings. The van der Waals surface area contributed by atoms with Crippen LogP contribution >= 0.6 is 0 Å². The maximum Gasteiger partial charge on any atom is 0.335 e. The number of carboxylic acids is 1. The van der Waals surface area contributed by atoms with Crippen molar-refractivity contribution in [2.75, 3.05) is 20.6 Å². The van der Waals surface area contributed by atoms with Crippen molar-refractivity contribution in [3.8, 4) is 0 Å². The number of fused-ring (bicyclic) bond motifs is 1. The third-order valence-electron chi connectivity index (χ3n) is 2.81. The van der Waals surface area contributed by atoms with Crippen LogP contribution in [0.4, 0.5) is 0 Å². The van der Waals surface area contributed by atoms with Crippen molar-refractivity contribution >= 4 is 16.9 Å². The summed E-state index contributed by atoms with van der Waals surface area (Å²) in [6.45, 7) is 0.950. The van der Waals surface area contributed by atoms with E-state index < -0.39 is 5.97 Å². The summed E-state index contributed by atoms with van der Waals surface area (Å²) in [5.74, 6) is -0.909. The van der Waals surface area contributed by atoms with Gasteiger partial charge in [-0.05, 0) is 38.4 Å². The summed E-state index contributed by atoms with van der Waals surface area (Å²) in [4.78, 5) is 17.5. The first-order chi connectivity index (χ1) is 8.56. The quantitative estimate of drug-likeness (QED) is 0.894. The van der Waals surface area contributed by atoms with Crippen molar-refractivity contribution in [3.05, 3.63) is 41.6 Å². The summed E-state index contributed by atoms with van der Waals surface area (Å²) in [5, 5.41) is 9.78. The molecule has 94 valence electrons. The molecule has 4 heteroatoms. The molecule has 0 bridgehead atoms. The van der Waals surface area contributed by atoms with E-state index in [2.05, 4.69) is 9.88 Å². The van der Waals surface area contributed by atoms with E-state index in [4.69, 9.17) is 5.11 Å². The molecule has 0 saturated heterocycles. The Labute approximate surface area is 106 Å². The minimum absolute atomic E-state index is 0.297. The van der Waals surface area contributed by atoms with Gasteiger partial charge in [0.1, 0.15) is 0 Å². The van der Waals surface area contributed by atoms with Gasteiger partial charge in [0, 0.05) is 24.0 Å². The van der Waals surface area contributed by atoms with Crippen LogP contribution in [-0.4, -0.2) is 41.6 Å². The van der Waals surface area contributed by atoms with Gasteiger partial charge in [0.05, 0.1) is 11.1 Å². The van der Waals surface area contributed by atoms with Crippen LogP contribution in [0.5, 0.6) is 0 Å². The third kappa shape index (κ3) is 2.84. The largest absolute Gasteiger partial charge is 0.478 e. The number of nitrogens with zero attached hydrogens (tertiary/aromatic N) is 2. The molecule has 0 radical (unpaired) electrons. The molecule has 0 aliphatic carbocycles. The third-order valence-corrected chi connectivity index (χ3v) is 2.81. The fourth-order valence-electron chi connectivity index (χ4n) is 1.78. The Morgan fingerprint density at radius 1 is 1.28 bits per heavy atom. The summed E-state index contributed by atoms with van der Waals surface area (Å²) in [6.07, 6.45) is 0.892. The fourth-order valence-corrected chi connectivity index (χ4v) is 1.78. The van der Waals surface area contributed by atoms with Crippen LogP contribution in [0.2, 0.25) is 0 Å². The molecule has 1 N–H and O–H groups in total. The van der Waals surface area contributed by atoms with Crippen LogP contribution in [0.1, 0.15) is 16.1 Å². The first-order valence-corrected chi connectivity index (χ1v) is 5.84. The van der Waals surface area contributed by atoms with E-state index in [-0.39, 0.29) is 0 Å². The Balaban J connectivity index is 2.29. The number of carboxylic acid groups (broad SMARTS) is 1. The van der Waals surface area contributed by atoms with Crippen LogP contribution in [0.25, 0.3) is 10.9 Å². The minimum atomic E-state index is -0.909. The van der Waals surface area contributed by atoms with E-state index in [1.54, 1.807) is 18.2 Å². The Kier molecular flexibility index (Phi) is 3.58. The number of pyridine rings is 1. The monoisotopic (exact) mass is 244 g/mol. The second-order valence-electron chi connectivity index (χ2n) is 4.57. The van der Waals surface area contributed by atoms with Crippen LogP contribution in [-0.2, 0) is 6.42 Å². The lowest BCUT2D eigenvalue weighted by Gasteiger charge is -2.09. The summed E-state index contributed by atoms with van der Waals surface area (Å²) < 4.78 is 0. The molecule has 0 spiro atoms. The zero-order valence-corrected chi connectivity index (χ0v) is 10.6. The van der Waals surface area contributed by atoms with E-state index in [1.165, 1.54) is 0 Å². The molecule has 0 unspecified atom stereocenters. The van der Waals surface area contributed by atoms with E-state index >= 15 is 0 Å². The maximum atomic E-state index is 10.9. The molecule has 1 heterocycles. The first-order valence-electron chi connectivity index (χ1n) is 5.84. The fraction of sp³-hybridized carbons (Fsp3) is 0.286. The molecular formula is C14H16N2O2. The topological polar surface area (TPSA) is 53.4 Å². The van der Waals surface area contributed by atoms with Crippen LogP contribution in [0.15, 0.2) is 30.3 Å². The van der Waals surface area contributed by atoms with Gasteiger partial charge in [-0.25, -0.2) is 4.79 Å². The highest BCUT2D eigenvalue weighted by Gasteiger charge is 2.05. The molecule has 1 aromatic heterocycles. The SMILES string of the molecule is CN(C)CCc1ccc2cc(C(=O)O)ccc2n1. The number of hydrogen-bond donors (Lipinski definition) is 1. The molecule has 2 aromatic rings. The van der Waals surface area contributed by atoms with Crippen LogP contribution in [0.3, 0.4) is 0 Å². The van der Waals surface area contributed by atoms with Gasteiger partial charge in [-0.1, -0.05) is 6.07 Å². The van der Waals surface area contributed by atoms with Crippen molar-refractivity contribution in [2.24, 2.45) is 0 Å². The van der Waals surface area contributed by atoms with Gasteiger partial charge in [-0.3, -0.25) is 4.98 Å². The van der Waals surface area contributed by atoms with Crippen LogP contribution < -0.4 is 0 Å². The van der Waals surface area contributed by atoms with E-state index in [1.807, 2.05) is 26.2 Å². The molecule has 18 heavy (non-hydrogen) atoms. The first kappa shape index (κ1) is 12.5. The number of likely N-dealkylation sites (N-methyl/N-ethyl adjacent to an activating group) is 1. The van der Waals surface area contributed by atoms with Crippen molar-refractivity contribution < 1.29 is 9.90 Å². The van der Waals surface area contributed by atoms with Crippen LogP contribution in [0, 0.1) is 0 Å². The highest BCUT2D eigenvalue weighted by molar-refractivity contribution is 5.93. The van der Waals surface area contributed by atoms with Crippen molar-refractivity contribution in [1.29, 1.82) is 0 Å². The molecular weight excluding hydrogens is 228 g/mol. The number of benzene rings is 1. The molecule has 1 aromatic carbocycles. The average molecular weight is 244 g/mol. The highest BCUT2D eigenvalue weighted by atomic mass is 16.4. The average Bonchev–Trinajstić information content (AvgIpc) is 2.35. The summed E-state index contributed by atoms with van der Waals surface area (Å²) >= 11 is 0. The van der Waals surface area contributed by atoms with E-state index in [0.29, 0.717) is 5.56 Å². The maximum absolute atomic E-state index is 10.9. The van der Waals surface area contributed by atoms with Gasteiger partial charge in [-0.2, -0.15) is 0 Å². The molecule has 0 fully saturated rings. The zero-order valence-electron chi connectivity index (χ0n) is 10.6. The Hall–Kier alpha value is -1.94. The Morgan fingerprint density at radius 3 is 2.72 bits per heavy atom. The Bertz CT molecular complexity index is 579. The summed E-state index contributed by atoms with van der Waals surface area (Å²) in [7, 11) is 4.06. The number of carbonyl (C=O) groups is 1. The van der Waals surface area contributed by atoms with Gasteiger partial charge in [0.2, 0.25) is 0 Å². The number of aromatic carboxylic acids is 1. The van der Waals surface area contributed by atoms with Crippen molar-refractivity contribution in [1.82, 2.24) is 9.88 Å². The summed E-state index contributed by atoms with van der Waals surface area (Å²) in [5.41, 5.74) is 2.17. The molecule has 0 amide bonds. The van der Waals surface area contributed by atoms with Gasteiger partial charge in [-0.15, -0.1) is 0 Å². The van der Waals surface area contributed by atoms with Gasteiger partial charge >= 0.3 is 5.97 Å². The molecule has 0 aliphatic heterocycles. The number of rotatable bonds is 4. The van der Waals surface area contributed by atoms with E-state index in [9.17, 15) is 4.79 Å². The van der Waals surface area contributed by atoms with Gasteiger partial charge in [0.25, 0.3) is 0 Å². The second kappa shape index (κ2) is 5.14. The minimum Gasteiger partial charge on any atom is -0.478 e. The smallest absolute Gasteiger partial charge is 0.335 e. The number of hydrogen-bond acceptors (Lipinski definition) is 3. The molecule has 2 rings (SSSR count). The summed E-state index contributed by atoms with van der Waals surface area (Å²) in [6, 6.07) is 8.89. The normalized spacial score (nSPS) is 11.1. The van der Waals surface area contributed by atoms with Crippen molar-refractivity contribution in [3.63, 3.8) is 0 Å². The second-order valence-corrected chi connectivity index (χ2v) is 4.57. The predicted octanol–water partition coefficient (Wildman–Crippen LogP) is 2.04. The lowest BCUT2D eigenvalue weighted by atomic mass is 10.1. The highest BCUT2D eigenvalue weighted by Crippen LogP contribution is 2.15. The van der Waals surface area contributed by atoms with Crippen molar-refractivity contribution in [2.45, 2.75) is 6.42 Å². The lowest BCUT2D eigenvalue weighted by molar-refractivity contribution is 0.0697. The zero-order chi connectivity index (χ0) is 13.1. The molecule has 0 atom stereocenters. The van der Waals surface area contributed by atoms with Gasteiger partial charge < -0.3 is 10.0 Å². The van der Waals surface area contributed by atoms with Gasteiger partial charge in [0.15, 0.2) is 0 Å². The Morgan fingerprint density at radius 2 is 2.06 bits per heavy atom. The van der Waals surface area contributed by atoms with E-state index in [0.717, 1.165) is 29.6 Å².